The van der Waals surface area contributed by atoms with E-state index < -0.39 is 10.9 Å². The van der Waals surface area contributed by atoms with Crippen LogP contribution in [0.25, 0.3) is 6.08 Å². The van der Waals surface area contributed by atoms with Gasteiger partial charge in [0.15, 0.2) is 5.69 Å². The van der Waals surface area contributed by atoms with Crippen LogP contribution < -0.4 is 0 Å². The molecular weight excluding hydrogens is 378 g/mol. The van der Waals surface area contributed by atoms with E-state index >= 15 is 0 Å². The Kier molecular flexibility index (Phi) is 8.08. The number of rotatable bonds is 10. The zero-order valence-corrected chi connectivity index (χ0v) is 16.4. The highest BCUT2D eigenvalue weighted by Crippen LogP contribution is 2.14. The van der Waals surface area contributed by atoms with Crippen molar-refractivity contribution < 1.29 is 23.7 Å². The lowest BCUT2D eigenvalue weighted by Gasteiger charge is -2.19. The lowest BCUT2D eigenvalue weighted by molar-refractivity contribution is -0.384. The van der Waals surface area contributed by atoms with Crippen LogP contribution in [-0.2, 0) is 16.1 Å². The summed E-state index contributed by atoms with van der Waals surface area (Å²) >= 11 is 0. The zero-order valence-electron chi connectivity index (χ0n) is 16.4. The van der Waals surface area contributed by atoms with Crippen LogP contribution in [0.2, 0.25) is 0 Å². The van der Waals surface area contributed by atoms with E-state index in [9.17, 15) is 19.7 Å². The van der Waals surface area contributed by atoms with Crippen molar-refractivity contribution in [2.24, 2.45) is 0 Å². The Bertz CT molecular complexity index is 873. The van der Waals surface area contributed by atoms with Crippen LogP contribution in [0, 0.1) is 10.1 Å². The molecule has 0 aliphatic heterocycles. The quantitative estimate of drug-likeness (QED) is 0.196. The number of ether oxygens (including phenoxy) is 1. The number of nitrogens with zero attached hydrogens (tertiary/aromatic N) is 3. The van der Waals surface area contributed by atoms with E-state index in [4.69, 9.17) is 4.42 Å². The Morgan fingerprint density at radius 2 is 2.00 bits per heavy atom. The van der Waals surface area contributed by atoms with Gasteiger partial charge in [-0.2, -0.15) is 0 Å². The maximum absolute atomic E-state index is 12.7. The molecule has 0 saturated heterocycles. The molecule has 9 heteroatoms. The lowest BCUT2D eigenvalue weighted by atomic mass is 10.2. The van der Waals surface area contributed by atoms with E-state index in [1.165, 1.54) is 31.6 Å². The molecule has 0 spiro atoms. The van der Waals surface area contributed by atoms with Crippen LogP contribution >= 0.6 is 0 Å². The third kappa shape index (κ3) is 6.56. The van der Waals surface area contributed by atoms with Gasteiger partial charge in [-0.1, -0.05) is 19.8 Å². The summed E-state index contributed by atoms with van der Waals surface area (Å²) < 4.78 is 9.88. The number of nitro groups is 1. The fourth-order valence-electron chi connectivity index (χ4n) is 2.55. The predicted molar refractivity (Wildman–Crippen MR) is 105 cm³/mol. The summed E-state index contributed by atoms with van der Waals surface area (Å²) in [6, 6.07) is 5.90. The number of esters is 1. The highest BCUT2D eigenvalue weighted by Gasteiger charge is 2.17. The number of nitro benzene ring substituents is 1. The second-order valence-electron chi connectivity index (χ2n) is 6.27. The summed E-state index contributed by atoms with van der Waals surface area (Å²) in [5, 5.41) is 10.7. The summed E-state index contributed by atoms with van der Waals surface area (Å²) in [4.78, 5) is 40.0. The average Bonchev–Trinajstić information content (AvgIpc) is 3.19. The van der Waals surface area contributed by atoms with Crippen molar-refractivity contribution in [2.75, 3.05) is 13.7 Å². The molecule has 9 nitrogen and oxygen atoms in total. The smallest absolute Gasteiger partial charge is 0.360 e. The Balaban J connectivity index is 2.08. The number of oxazole rings is 1. The molecule has 29 heavy (non-hydrogen) atoms. The third-order valence-electron chi connectivity index (χ3n) is 4.14. The molecule has 0 unspecified atom stereocenters. The van der Waals surface area contributed by atoms with Crippen LogP contribution in [0.3, 0.4) is 0 Å². The summed E-state index contributed by atoms with van der Waals surface area (Å²) in [6.45, 7) is 2.69. The molecule has 0 atom stereocenters. The highest BCUT2D eigenvalue weighted by atomic mass is 16.6. The second kappa shape index (κ2) is 10.7. The van der Waals surface area contributed by atoms with Gasteiger partial charge in [-0.3, -0.25) is 14.9 Å². The number of benzene rings is 1. The molecule has 0 aliphatic rings. The van der Waals surface area contributed by atoms with Gasteiger partial charge in [-0.05, 0) is 30.2 Å². The number of hydrogen-bond donors (Lipinski definition) is 0. The van der Waals surface area contributed by atoms with Crippen LogP contribution in [0.15, 0.2) is 41.0 Å². The van der Waals surface area contributed by atoms with Gasteiger partial charge >= 0.3 is 5.97 Å². The number of carbonyl (C=O) groups is 2. The van der Waals surface area contributed by atoms with Crippen molar-refractivity contribution in [3.63, 3.8) is 0 Å². The molecular formula is C20H23N3O6. The standard InChI is InChI=1S/C20H23N3O6/c1-3-4-5-12-22(13-18-21-17(14-29-18)20(25)28-2)19(24)11-8-15-6-9-16(10-7-15)23(26)27/h6-11,14H,3-5,12-13H2,1-2H3/b11-8+. The Morgan fingerprint density at radius 3 is 2.62 bits per heavy atom. The predicted octanol–water partition coefficient (Wildman–Crippen LogP) is 3.60. The average molecular weight is 401 g/mol. The first kappa shape index (κ1) is 21.8. The van der Waals surface area contributed by atoms with Crippen LogP contribution in [0.4, 0.5) is 5.69 Å². The number of hydrogen-bond acceptors (Lipinski definition) is 7. The van der Waals surface area contributed by atoms with Crippen molar-refractivity contribution >= 4 is 23.6 Å². The Hall–Kier alpha value is -3.49. The van der Waals surface area contributed by atoms with Gasteiger partial charge in [0.1, 0.15) is 6.26 Å². The molecule has 1 aromatic carbocycles. The molecule has 1 heterocycles. The first-order valence-corrected chi connectivity index (χ1v) is 9.18. The fraction of sp³-hybridized carbons (Fsp3) is 0.350. The summed E-state index contributed by atoms with van der Waals surface area (Å²) in [5.41, 5.74) is 0.700. The van der Waals surface area contributed by atoms with E-state index in [0.717, 1.165) is 19.3 Å². The van der Waals surface area contributed by atoms with Gasteiger partial charge in [-0.25, -0.2) is 9.78 Å². The SMILES string of the molecule is CCCCCN(Cc1nc(C(=O)OC)co1)C(=O)/C=C/c1ccc([N+](=O)[O-])cc1. The summed E-state index contributed by atoms with van der Waals surface area (Å²) in [6.07, 6.45) is 6.98. The summed E-state index contributed by atoms with van der Waals surface area (Å²) in [5.74, 6) is -0.627. The van der Waals surface area contributed by atoms with Crippen molar-refractivity contribution in [1.82, 2.24) is 9.88 Å². The minimum Gasteiger partial charge on any atom is -0.464 e. The van der Waals surface area contributed by atoms with Gasteiger partial charge in [0.05, 0.1) is 18.6 Å². The van der Waals surface area contributed by atoms with Crippen molar-refractivity contribution in [2.45, 2.75) is 32.7 Å². The molecule has 0 saturated carbocycles. The molecule has 0 fully saturated rings. The maximum atomic E-state index is 12.7. The van der Waals surface area contributed by atoms with Crippen molar-refractivity contribution in [3.8, 4) is 0 Å². The Morgan fingerprint density at radius 1 is 1.28 bits per heavy atom. The normalized spacial score (nSPS) is 10.8. The highest BCUT2D eigenvalue weighted by molar-refractivity contribution is 5.91. The number of carbonyl (C=O) groups excluding carboxylic acids is 2. The lowest BCUT2D eigenvalue weighted by Crippen LogP contribution is -2.30. The number of methoxy groups -OCH3 is 1. The largest absolute Gasteiger partial charge is 0.464 e. The molecule has 2 rings (SSSR count). The van der Waals surface area contributed by atoms with Gasteiger partial charge in [0.25, 0.3) is 5.69 Å². The van der Waals surface area contributed by atoms with E-state index in [1.54, 1.807) is 23.1 Å². The minimum atomic E-state index is -0.609. The first-order valence-electron chi connectivity index (χ1n) is 9.18. The van der Waals surface area contributed by atoms with E-state index in [2.05, 4.69) is 16.6 Å². The van der Waals surface area contributed by atoms with E-state index in [-0.39, 0.29) is 29.7 Å². The molecule has 0 radical (unpaired) electrons. The third-order valence-corrected chi connectivity index (χ3v) is 4.14. The van der Waals surface area contributed by atoms with E-state index in [1.807, 2.05) is 0 Å². The number of amides is 1. The fourth-order valence-corrected chi connectivity index (χ4v) is 2.55. The molecule has 1 amide bonds. The van der Waals surface area contributed by atoms with E-state index in [0.29, 0.717) is 12.1 Å². The second-order valence-corrected chi connectivity index (χ2v) is 6.27. The van der Waals surface area contributed by atoms with Gasteiger partial charge in [0, 0.05) is 24.8 Å². The molecule has 1 aromatic heterocycles. The number of aromatic nitrogens is 1. The van der Waals surface area contributed by atoms with Gasteiger partial charge in [0.2, 0.25) is 11.8 Å². The molecule has 0 bridgehead atoms. The summed E-state index contributed by atoms with van der Waals surface area (Å²) in [7, 11) is 1.25. The van der Waals surface area contributed by atoms with Crippen molar-refractivity contribution in [1.29, 1.82) is 0 Å². The Labute approximate surface area is 168 Å². The van der Waals surface area contributed by atoms with Crippen LogP contribution in [-0.4, -0.2) is 40.3 Å². The molecule has 2 aromatic rings. The van der Waals surface area contributed by atoms with Crippen LogP contribution in [0.5, 0.6) is 0 Å². The zero-order chi connectivity index (χ0) is 21.2. The van der Waals surface area contributed by atoms with Gasteiger partial charge in [-0.15, -0.1) is 0 Å². The number of unbranched alkanes of at least 4 members (excludes halogenated alkanes) is 2. The molecule has 0 aliphatic carbocycles. The number of non-ortho nitro benzene ring substituents is 1. The first-order chi connectivity index (χ1) is 13.9. The van der Waals surface area contributed by atoms with Crippen LogP contribution in [0.1, 0.15) is 48.1 Å². The maximum Gasteiger partial charge on any atom is 0.360 e. The molecule has 0 N–H and O–H groups in total. The van der Waals surface area contributed by atoms with Crippen molar-refractivity contribution in [3.05, 3.63) is 63.9 Å². The minimum absolute atomic E-state index is 0.0139. The monoisotopic (exact) mass is 401 g/mol. The molecule has 154 valence electrons. The van der Waals surface area contributed by atoms with Gasteiger partial charge < -0.3 is 14.1 Å². The topological polar surface area (TPSA) is 116 Å².